The van der Waals surface area contributed by atoms with Gasteiger partial charge in [0.2, 0.25) is 5.88 Å². The standard InChI is InChI=1S/C20H16Cl2N4O3S/c21-12-6-7-14(15(22)10-12)16(11-19(27)28)23-20(30)24-17-8-9-18(26-25-17)29-13-4-2-1-3-5-13/h1-10,16H,11H2,(H,27,28)(H2,23,24,25,30)/t16-/m1/s1. The van der Waals surface area contributed by atoms with Crippen LogP contribution < -0.4 is 15.4 Å². The number of anilines is 1. The monoisotopic (exact) mass is 462 g/mol. The van der Waals surface area contributed by atoms with E-state index in [1.165, 1.54) is 0 Å². The fourth-order valence-corrected chi connectivity index (χ4v) is 3.35. The number of hydrogen-bond acceptors (Lipinski definition) is 5. The molecule has 3 N–H and O–H groups in total. The van der Waals surface area contributed by atoms with Crippen LogP contribution in [0, 0.1) is 0 Å². The molecule has 10 heteroatoms. The van der Waals surface area contributed by atoms with Crippen molar-refractivity contribution in [1.82, 2.24) is 15.5 Å². The first-order valence-electron chi connectivity index (χ1n) is 8.71. The highest BCUT2D eigenvalue weighted by atomic mass is 35.5. The highest BCUT2D eigenvalue weighted by Gasteiger charge is 2.20. The van der Waals surface area contributed by atoms with E-state index in [0.29, 0.717) is 33.1 Å². The van der Waals surface area contributed by atoms with E-state index in [0.717, 1.165) is 0 Å². The van der Waals surface area contributed by atoms with Crippen molar-refractivity contribution in [3.05, 3.63) is 76.3 Å². The molecule has 0 fully saturated rings. The lowest BCUT2D eigenvalue weighted by Gasteiger charge is -2.20. The molecule has 3 aromatic rings. The lowest BCUT2D eigenvalue weighted by Crippen LogP contribution is -2.34. The largest absolute Gasteiger partial charge is 0.481 e. The first kappa shape index (κ1) is 21.8. The van der Waals surface area contributed by atoms with Gasteiger partial charge in [0, 0.05) is 16.1 Å². The Labute approximate surface area is 188 Å². The summed E-state index contributed by atoms with van der Waals surface area (Å²) in [6, 6.07) is 16.6. The number of rotatable bonds is 7. The summed E-state index contributed by atoms with van der Waals surface area (Å²) < 4.78 is 5.59. The van der Waals surface area contributed by atoms with Gasteiger partial charge in [-0.3, -0.25) is 4.79 Å². The lowest BCUT2D eigenvalue weighted by molar-refractivity contribution is -0.137. The molecule has 7 nitrogen and oxygen atoms in total. The van der Waals surface area contributed by atoms with E-state index >= 15 is 0 Å². The Morgan fingerprint density at radius 2 is 1.87 bits per heavy atom. The second kappa shape index (κ2) is 10.2. The van der Waals surface area contributed by atoms with Gasteiger partial charge in [0.05, 0.1) is 12.5 Å². The number of aliphatic carboxylic acids is 1. The predicted molar refractivity (Wildman–Crippen MR) is 119 cm³/mol. The van der Waals surface area contributed by atoms with E-state index in [2.05, 4.69) is 20.8 Å². The summed E-state index contributed by atoms with van der Waals surface area (Å²) in [5.74, 6) is 0.316. The third kappa shape index (κ3) is 6.28. The lowest BCUT2D eigenvalue weighted by atomic mass is 10.0. The molecule has 3 rings (SSSR count). The summed E-state index contributed by atoms with van der Waals surface area (Å²) in [7, 11) is 0. The number of thiocarbonyl (C=S) groups is 1. The van der Waals surface area contributed by atoms with E-state index in [4.69, 9.17) is 40.2 Å². The Hall–Kier alpha value is -2.94. The molecule has 0 amide bonds. The van der Waals surface area contributed by atoms with Crippen LogP contribution in [0.4, 0.5) is 5.82 Å². The molecule has 0 aliphatic rings. The number of para-hydroxylation sites is 1. The van der Waals surface area contributed by atoms with Crippen LogP contribution in [0.2, 0.25) is 10.0 Å². The van der Waals surface area contributed by atoms with Crippen LogP contribution in [-0.4, -0.2) is 26.4 Å². The third-order valence-electron chi connectivity index (χ3n) is 3.87. The summed E-state index contributed by atoms with van der Waals surface area (Å²) in [5.41, 5.74) is 0.560. The maximum atomic E-state index is 11.3. The first-order valence-corrected chi connectivity index (χ1v) is 9.88. The summed E-state index contributed by atoms with van der Waals surface area (Å²) in [4.78, 5) is 11.3. The number of hydrogen-bond donors (Lipinski definition) is 3. The van der Waals surface area contributed by atoms with Gasteiger partial charge in [-0.25, -0.2) is 0 Å². The molecule has 0 aliphatic heterocycles. The van der Waals surface area contributed by atoms with E-state index in [9.17, 15) is 9.90 Å². The Balaban J connectivity index is 1.65. The topological polar surface area (TPSA) is 96.4 Å². The molecule has 0 bridgehead atoms. The normalized spacial score (nSPS) is 11.4. The zero-order chi connectivity index (χ0) is 21.5. The Kier molecular flexibility index (Phi) is 7.40. The zero-order valence-electron chi connectivity index (χ0n) is 15.4. The zero-order valence-corrected chi connectivity index (χ0v) is 17.7. The quantitative estimate of drug-likeness (QED) is 0.418. The van der Waals surface area contributed by atoms with Gasteiger partial charge in [-0.15, -0.1) is 10.2 Å². The second-order valence-corrected chi connectivity index (χ2v) is 7.34. The number of ether oxygens (including phenoxy) is 1. The van der Waals surface area contributed by atoms with E-state index in [1.54, 1.807) is 42.5 Å². The average Bonchev–Trinajstić information content (AvgIpc) is 2.69. The SMILES string of the molecule is O=C(O)C[C@@H](NC(=S)Nc1ccc(Oc2ccccc2)nn1)c1ccc(Cl)cc1Cl. The third-order valence-corrected chi connectivity index (χ3v) is 4.65. The van der Waals surface area contributed by atoms with Gasteiger partial charge in [0.15, 0.2) is 10.9 Å². The van der Waals surface area contributed by atoms with Crippen molar-refractivity contribution in [2.75, 3.05) is 5.32 Å². The summed E-state index contributed by atoms with van der Waals surface area (Å²) in [5, 5.41) is 24.0. The Bertz CT molecular complexity index is 1040. The van der Waals surface area contributed by atoms with E-state index in [1.807, 2.05) is 18.2 Å². The van der Waals surface area contributed by atoms with Crippen molar-refractivity contribution >= 4 is 52.3 Å². The minimum absolute atomic E-state index is 0.165. The fourth-order valence-electron chi connectivity index (χ4n) is 2.56. The number of benzene rings is 2. The van der Waals surface area contributed by atoms with Crippen LogP contribution in [0.5, 0.6) is 11.6 Å². The predicted octanol–water partition coefficient (Wildman–Crippen LogP) is 5.08. The number of nitrogens with one attached hydrogen (secondary N) is 2. The number of aromatic nitrogens is 2. The molecule has 1 atom stereocenters. The van der Waals surface area contributed by atoms with Crippen LogP contribution >= 0.6 is 35.4 Å². The first-order chi connectivity index (χ1) is 14.4. The van der Waals surface area contributed by atoms with Gasteiger partial charge in [-0.1, -0.05) is 47.5 Å². The molecule has 2 aromatic carbocycles. The number of halogens is 2. The van der Waals surface area contributed by atoms with Gasteiger partial charge < -0.3 is 20.5 Å². The van der Waals surface area contributed by atoms with Crippen molar-refractivity contribution in [1.29, 1.82) is 0 Å². The average molecular weight is 463 g/mol. The van der Waals surface area contributed by atoms with E-state index < -0.39 is 12.0 Å². The molecule has 0 aliphatic carbocycles. The van der Waals surface area contributed by atoms with E-state index in [-0.39, 0.29) is 11.5 Å². The minimum Gasteiger partial charge on any atom is -0.481 e. The summed E-state index contributed by atoms with van der Waals surface area (Å²) in [6.07, 6.45) is -0.237. The smallest absolute Gasteiger partial charge is 0.305 e. The summed E-state index contributed by atoms with van der Waals surface area (Å²) in [6.45, 7) is 0. The summed E-state index contributed by atoms with van der Waals surface area (Å²) >= 11 is 17.4. The van der Waals surface area contributed by atoms with Crippen LogP contribution in [0.3, 0.4) is 0 Å². The molecular weight excluding hydrogens is 447 g/mol. The molecule has 0 radical (unpaired) electrons. The molecule has 1 aromatic heterocycles. The van der Waals surface area contributed by atoms with Crippen molar-refractivity contribution < 1.29 is 14.6 Å². The fraction of sp³-hybridized carbons (Fsp3) is 0.100. The molecule has 30 heavy (non-hydrogen) atoms. The van der Waals surface area contributed by atoms with Crippen LogP contribution in [-0.2, 0) is 4.79 Å². The van der Waals surface area contributed by atoms with Gasteiger partial charge >= 0.3 is 5.97 Å². The van der Waals surface area contributed by atoms with Crippen molar-refractivity contribution in [2.24, 2.45) is 0 Å². The van der Waals surface area contributed by atoms with Crippen LogP contribution in [0.15, 0.2) is 60.7 Å². The molecule has 0 spiro atoms. The Morgan fingerprint density at radius 3 is 2.50 bits per heavy atom. The Morgan fingerprint density at radius 1 is 1.10 bits per heavy atom. The molecule has 0 unspecified atom stereocenters. The van der Waals surface area contributed by atoms with Crippen molar-refractivity contribution in [3.8, 4) is 11.6 Å². The molecular formula is C20H16Cl2N4O3S. The van der Waals surface area contributed by atoms with Gasteiger partial charge in [-0.2, -0.15) is 0 Å². The van der Waals surface area contributed by atoms with Gasteiger partial charge in [0.1, 0.15) is 5.75 Å². The van der Waals surface area contributed by atoms with Crippen molar-refractivity contribution in [3.63, 3.8) is 0 Å². The number of carbonyl (C=O) groups is 1. The van der Waals surface area contributed by atoms with Crippen LogP contribution in [0.25, 0.3) is 0 Å². The van der Waals surface area contributed by atoms with Crippen molar-refractivity contribution in [2.45, 2.75) is 12.5 Å². The molecule has 0 saturated heterocycles. The maximum absolute atomic E-state index is 11.3. The highest BCUT2D eigenvalue weighted by Crippen LogP contribution is 2.28. The van der Waals surface area contributed by atoms with Gasteiger partial charge in [0.25, 0.3) is 0 Å². The number of carboxylic acid groups (broad SMARTS) is 1. The highest BCUT2D eigenvalue weighted by molar-refractivity contribution is 7.80. The number of nitrogens with zero attached hydrogens (tertiary/aromatic N) is 2. The molecule has 0 saturated carbocycles. The molecule has 1 heterocycles. The maximum Gasteiger partial charge on any atom is 0.305 e. The minimum atomic E-state index is -1.01. The van der Waals surface area contributed by atoms with Gasteiger partial charge in [-0.05, 0) is 48.1 Å². The number of carboxylic acids is 1. The van der Waals surface area contributed by atoms with Crippen LogP contribution in [0.1, 0.15) is 18.0 Å². The molecule has 154 valence electrons. The second-order valence-electron chi connectivity index (χ2n) is 6.09.